The SMILES string of the molecule is O=C(CNC1CCCC1)NCc1cc[nH]c1. The number of rotatable bonds is 5. The van der Waals surface area contributed by atoms with Gasteiger partial charge in [0.25, 0.3) is 0 Å². The zero-order chi connectivity index (χ0) is 11.2. The third kappa shape index (κ3) is 3.38. The number of aromatic nitrogens is 1. The summed E-state index contributed by atoms with van der Waals surface area (Å²) in [5.41, 5.74) is 1.11. The van der Waals surface area contributed by atoms with Gasteiger partial charge in [-0.3, -0.25) is 4.79 Å². The van der Waals surface area contributed by atoms with Crippen molar-refractivity contribution in [3.8, 4) is 0 Å². The highest BCUT2D eigenvalue weighted by atomic mass is 16.1. The van der Waals surface area contributed by atoms with Crippen molar-refractivity contribution < 1.29 is 4.79 Å². The first kappa shape index (κ1) is 11.2. The van der Waals surface area contributed by atoms with Crippen molar-refractivity contribution in [3.63, 3.8) is 0 Å². The molecule has 88 valence electrons. The van der Waals surface area contributed by atoms with Gasteiger partial charge in [-0.05, 0) is 24.5 Å². The van der Waals surface area contributed by atoms with E-state index in [-0.39, 0.29) is 5.91 Å². The Kier molecular flexibility index (Phi) is 3.99. The van der Waals surface area contributed by atoms with Crippen molar-refractivity contribution in [1.29, 1.82) is 0 Å². The molecule has 4 nitrogen and oxygen atoms in total. The predicted octanol–water partition coefficient (Wildman–Crippen LogP) is 1.16. The quantitative estimate of drug-likeness (QED) is 0.699. The lowest BCUT2D eigenvalue weighted by Gasteiger charge is -2.11. The highest BCUT2D eigenvalue weighted by molar-refractivity contribution is 5.77. The Hall–Kier alpha value is -1.29. The van der Waals surface area contributed by atoms with Crippen LogP contribution in [0, 0.1) is 0 Å². The molecule has 1 aliphatic rings. The van der Waals surface area contributed by atoms with E-state index in [2.05, 4.69) is 15.6 Å². The molecule has 1 aromatic heterocycles. The van der Waals surface area contributed by atoms with Crippen LogP contribution in [0.2, 0.25) is 0 Å². The molecule has 1 aliphatic carbocycles. The second kappa shape index (κ2) is 5.70. The van der Waals surface area contributed by atoms with Crippen LogP contribution in [0.3, 0.4) is 0 Å². The molecule has 0 radical (unpaired) electrons. The minimum Gasteiger partial charge on any atom is -0.367 e. The van der Waals surface area contributed by atoms with Gasteiger partial charge in [-0.2, -0.15) is 0 Å². The lowest BCUT2D eigenvalue weighted by atomic mass is 10.2. The molecule has 16 heavy (non-hydrogen) atoms. The van der Waals surface area contributed by atoms with Crippen LogP contribution >= 0.6 is 0 Å². The van der Waals surface area contributed by atoms with E-state index in [4.69, 9.17) is 0 Å². The molecule has 1 amide bonds. The lowest BCUT2D eigenvalue weighted by molar-refractivity contribution is -0.120. The highest BCUT2D eigenvalue weighted by Gasteiger charge is 2.14. The Morgan fingerprint density at radius 2 is 2.25 bits per heavy atom. The maximum absolute atomic E-state index is 11.5. The van der Waals surface area contributed by atoms with Gasteiger partial charge in [0, 0.05) is 25.0 Å². The second-order valence-electron chi connectivity index (χ2n) is 4.36. The van der Waals surface area contributed by atoms with Crippen molar-refractivity contribution in [1.82, 2.24) is 15.6 Å². The Balaban J connectivity index is 1.60. The van der Waals surface area contributed by atoms with E-state index in [0.717, 1.165) is 5.56 Å². The first-order chi connectivity index (χ1) is 7.84. The summed E-state index contributed by atoms with van der Waals surface area (Å²) >= 11 is 0. The average molecular weight is 221 g/mol. The summed E-state index contributed by atoms with van der Waals surface area (Å²) in [6.45, 7) is 1.05. The molecule has 0 saturated heterocycles. The Bertz CT molecular complexity index is 315. The van der Waals surface area contributed by atoms with E-state index in [1.54, 1.807) is 0 Å². The number of carbonyl (C=O) groups excluding carboxylic acids is 1. The number of hydrogen-bond acceptors (Lipinski definition) is 2. The first-order valence-corrected chi connectivity index (χ1v) is 5.96. The van der Waals surface area contributed by atoms with E-state index in [9.17, 15) is 4.79 Å². The van der Waals surface area contributed by atoms with Crippen molar-refractivity contribution in [3.05, 3.63) is 24.0 Å². The van der Waals surface area contributed by atoms with Crippen LogP contribution in [-0.2, 0) is 11.3 Å². The van der Waals surface area contributed by atoms with Crippen LogP contribution in [0.1, 0.15) is 31.2 Å². The Labute approximate surface area is 95.8 Å². The van der Waals surface area contributed by atoms with Gasteiger partial charge in [0.15, 0.2) is 0 Å². The van der Waals surface area contributed by atoms with Gasteiger partial charge in [0.2, 0.25) is 5.91 Å². The van der Waals surface area contributed by atoms with Gasteiger partial charge in [0.1, 0.15) is 0 Å². The third-order valence-electron chi connectivity index (χ3n) is 3.06. The molecule has 0 atom stereocenters. The number of hydrogen-bond donors (Lipinski definition) is 3. The van der Waals surface area contributed by atoms with Gasteiger partial charge in [-0.25, -0.2) is 0 Å². The van der Waals surface area contributed by atoms with Gasteiger partial charge >= 0.3 is 0 Å². The molecule has 2 rings (SSSR count). The van der Waals surface area contributed by atoms with Crippen LogP contribution in [0.25, 0.3) is 0 Å². The molecule has 0 bridgehead atoms. The van der Waals surface area contributed by atoms with Crippen molar-refractivity contribution in [2.75, 3.05) is 6.54 Å². The largest absolute Gasteiger partial charge is 0.367 e. The summed E-state index contributed by atoms with van der Waals surface area (Å²) in [5.74, 6) is 0.0769. The summed E-state index contributed by atoms with van der Waals surface area (Å²) in [4.78, 5) is 14.5. The highest BCUT2D eigenvalue weighted by Crippen LogP contribution is 2.17. The molecule has 0 spiro atoms. The second-order valence-corrected chi connectivity index (χ2v) is 4.36. The molecule has 0 aliphatic heterocycles. The summed E-state index contributed by atoms with van der Waals surface area (Å²) in [5, 5.41) is 6.18. The van der Waals surface area contributed by atoms with Crippen molar-refractivity contribution in [2.24, 2.45) is 0 Å². The molecular weight excluding hydrogens is 202 g/mol. The Morgan fingerprint density at radius 1 is 1.44 bits per heavy atom. The molecule has 0 unspecified atom stereocenters. The minimum absolute atomic E-state index is 0.0769. The molecule has 0 aromatic carbocycles. The maximum Gasteiger partial charge on any atom is 0.234 e. The predicted molar refractivity (Wildman–Crippen MR) is 62.9 cm³/mol. The Morgan fingerprint density at radius 3 is 2.94 bits per heavy atom. The van der Waals surface area contributed by atoms with Gasteiger partial charge < -0.3 is 15.6 Å². The zero-order valence-corrected chi connectivity index (χ0v) is 9.46. The number of H-pyrrole nitrogens is 1. The van der Waals surface area contributed by atoms with Crippen molar-refractivity contribution >= 4 is 5.91 Å². The van der Waals surface area contributed by atoms with E-state index in [1.165, 1.54) is 25.7 Å². The molecular formula is C12H19N3O. The smallest absolute Gasteiger partial charge is 0.234 e. The van der Waals surface area contributed by atoms with Crippen LogP contribution in [-0.4, -0.2) is 23.5 Å². The maximum atomic E-state index is 11.5. The molecule has 1 heterocycles. The number of nitrogens with one attached hydrogen (secondary N) is 3. The summed E-state index contributed by atoms with van der Waals surface area (Å²) in [6, 6.07) is 2.52. The normalized spacial score (nSPS) is 16.5. The number of amides is 1. The molecule has 1 saturated carbocycles. The number of carbonyl (C=O) groups is 1. The topological polar surface area (TPSA) is 56.9 Å². The molecule has 1 fully saturated rings. The van der Waals surface area contributed by atoms with E-state index >= 15 is 0 Å². The fourth-order valence-corrected chi connectivity index (χ4v) is 2.10. The summed E-state index contributed by atoms with van der Waals surface area (Å²) in [6.07, 6.45) is 8.77. The molecule has 3 N–H and O–H groups in total. The van der Waals surface area contributed by atoms with Crippen LogP contribution in [0.4, 0.5) is 0 Å². The number of aromatic amines is 1. The minimum atomic E-state index is 0.0769. The monoisotopic (exact) mass is 221 g/mol. The fourth-order valence-electron chi connectivity index (χ4n) is 2.10. The molecule has 4 heteroatoms. The molecule has 1 aromatic rings. The average Bonchev–Trinajstić information content (AvgIpc) is 2.96. The van der Waals surface area contributed by atoms with Crippen molar-refractivity contribution in [2.45, 2.75) is 38.3 Å². The van der Waals surface area contributed by atoms with E-state index in [0.29, 0.717) is 19.1 Å². The first-order valence-electron chi connectivity index (χ1n) is 5.96. The van der Waals surface area contributed by atoms with Crippen LogP contribution in [0.15, 0.2) is 18.5 Å². The lowest BCUT2D eigenvalue weighted by Crippen LogP contribution is -2.37. The third-order valence-corrected chi connectivity index (χ3v) is 3.06. The van der Waals surface area contributed by atoms with Crippen LogP contribution in [0.5, 0.6) is 0 Å². The summed E-state index contributed by atoms with van der Waals surface area (Å²) in [7, 11) is 0. The van der Waals surface area contributed by atoms with E-state index < -0.39 is 0 Å². The van der Waals surface area contributed by atoms with Gasteiger partial charge in [-0.1, -0.05) is 12.8 Å². The fraction of sp³-hybridized carbons (Fsp3) is 0.583. The standard InChI is InChI=1S/C12H19N3O/c16-12(9-14-11-3-1-2-4-11)15-8-10-5-6-13-7-10/h5-7,11,13-14H,1-4,8-9H2,(H,15,16). The van der Waals surface area contributed by atoms with Crippen LogP contribution < -0.4 is 10.6 Å². The van der Waals surface area contributed by atoms with E-state index in [1.807, 2.05) is 18.5 Å². The zero-order valence-electron chi connectivity index (χ0n) is 9.46. The van der Waals surface area contributed by atoms with Gasteiger partial charge in [0.05, 0.1) is 6.54 Å². The van der Waals surface area contributed by atoms with Gasteiger partial charge in [-0.15, -0.1) is 0 Å². The summed E-state index contributed by atoms with van der Waals surface area (Å²) < 4.78 is 0.